The zero-order valence-corrected chi connectivity index (χ0v) is 16.1. The molecule has 0 atom stereocenters. The van der Waals surface area contributed by atoms with Crippen LogP contribution in [0.3, 0.4) is 0 Å². The van der Waals surface area contributed by atoms with Gasteiger partial charge in [0, 0.05) is 31.3 Å². The molecular formula is C22H24N2O4. The highest BCUT2D eigenvalue weighted by Gasteiger charge is 2.66. The minimum absolute atomic E-state index is 0.0737. The van der Waals surface area contributed by atoms with Gasteiger partial charge >= 0.3 is 0 Å². The number of ether oxygens (including phenoxy) is 2. The van der Waals surface area contributed by atoms with Crippen molar-refractivity contribution in [3.8, 4) is 5.75 Å². The van der Waals surface area contributed by atoms with Gasteiger partial charge in [-0.25, -0.2) is 0 Å². The molecule has 2 fully saturated rings. The van der Waals surface area contributed by atoms with E-state index in [-0.39, 0.29) is 11.8 Å². The Morgan fingerprint density at radius 3 is 2.25 bits per heavy atom. The van der Waals surface area contributed by atoms with E-state index in [1.54, 1.807) is 55.5 Å². The number of nitrogens with one attached hydrogen (secondary N) is 1. The van der Waals surface area contributed by atoms with Crippen LogP contribution in [0.5, 0.6) is 5.75 Å². The first kappa shape index (κ1) is 18.5. The van der Waals surface area contributed by atoms with E-state index in [4.69, 9.17) is 9.47 Å². The molecule has 6 heteroatoms. The molecule has 1 aliphatic carbocycles. The molecule has 0 aromatic heterocycles. The van der Waals surface area contributed by atoms with Gasteiger partial charge in [-0.2, -0.15) is 0 Å². The van der Waals surface area contributed by atoms with Crippen molar-refractivity contribution in [1.29, 1.82) is 0 Å². The second-order valence-electron chi connectivity index (χ2n) is 7.49. The number of carbonyl (C=O) groups is 2. The lowest BCUT2D eigenvalue weighted by Gasteiger charge is -2.54. The summed E-state index contributed by atoms with van der Waals surface area (Å²) in [5.74, 6) is 0.429. The van der Waals surface area contributed by atoms with E-state index in [2.05, 4.69) is 5.32 Å². The first-order chi connectivity index (χ1) is 13.5. The second-order valence-corrected chi connectivity index (χ2v) is 7.49. The largest absolute Gasteiger partial charge is 0.497 e. The highest BCUT2D eigenvalue weighted by molar-refractivity contribution is 5.97. The molecule has 1 N–H and O–H groups in total. The van der Waals surface area contributed by atoms with Gasteiger partial charge in [-0.05, 0) is 43.2 Å². The molecule has 28 heavy (non-hydrogen) atoms. The van der Waals surface area contributed by atoms with Crippen molar-refractivity contribution in [2.24, 2.45) is 0 Å². The Bertz CT molecular complexity index is 886. The van der Waals surface area contributed by atoms with Gasteiger partial charge in [-0.15, -0.1) is 0 Å². The van der Waals surface area contributed by atoms with Gasteiger partial charge in [0.15, 0.2) is 0 Å². The number of benzene rings is 2. The van der Waals surface area contributed by atoms with Crippen molar-refractivity contribution >= 4 is 11.8 Å². The van der Waals surface area contributed by atoms with Crippen LogP contribution in [-0.4, -0.2) is 55.2 Å². The van der Waals surface area contributed by atoms with Crippen LogP contribution in [0.4, 0.5) is 0 Å². The minimum atomic E-state index is -0.566. The van der Waals surface area contributed by atoms with E-state index in [9.17, 15) is 9.59 Å². The Morgan fingerprint density at radius 2 is 1.64 bits per heavy atom. The maximum absolute atomic E-state index is 12.9. The number of carbonyl (C=O) groups excluding carboxylic acids is 2. The maximum atomic E-state index is 12.9. The third-order valence-corrected chi connectivity index (χ3v) is 5.88. The quantitative estimate of drug-likeness (QED) is 0.836. The van der Waals surface area contributed by atoms with Crippen LogP contribution in [0.1, 0.15) is 33.6 Å². The third-order valence-electron chi connectivity index (χ3n) is 5.88. The highest BCUT2D eigenvalue weighted by Crippen LogP contribution is 2.52. The third kappa shape index (κ3) is 3.03. The number of nitrogens with zero attached hydrogens (tertiary/aromatic N) is 1. The Labute approximate surface area is 164 Å². The van der Waals surface area contributed by atoms with Gasteiger partial charge in [0.25, 0.3) is 11.8 Å². The molecule has 0 spiro atoms. The maximum Gasteiger partial charge on any atom is 0.254 e. The predicted octanol–water partition coefficient (Wildman–Crippen LogP) is 2.50. The predicted molar refractivity (Wildman–Crippen MR) is 105 cm³/mol. The summed E-state index contributed by atoms with van der Waals surface area (Å²) in [4.78, 5) is 27.4. The summed E-state index contributed by atoms with van der Waals surface area (Å²) < 4.78 is 11.0. The zero-order valence-electron chi connectivity index (χ0n) is 16.1. The molecule has 1 aliphatic heterocycles. The lowest BCUT2D eigenvalue weighted by Crippen LogP contribution is -2.77. The molecule has 1 saturated carbocycles. The second kappa shape index (κ2) is 6.95. The number of amides is 2. The number of hydrogen-bond acceptors (Lipinski definition) is 4. The van der Waals surface area contributed by atoms with E-state index in [1.165, 1.54) is 0 Å². The molecule has 2 amide bonds. The normalized spacial score (nSPS) is 18.7. The summed E-state index contributed by atoms with van der Waals surface area (Å²) in [5.41, 5.74) is 0.210. The summed E-state index contributed by atoms with van der Waals surface area (Å²) in [6.45, 7) is 0.852. The highest BCUT2D eigenvalue weighted by atomic mass is 16.5. The summed E-state index contributed by atoms with van der Waals surface area (Å²) in [6.07, 6.45) is 1.75. The zero-order chi connectivity index (χ0) is 19.8. The van der Waals surface area contributed by atoms with Gasteiger partial charge in [-0.1, -0.05) is 24.3 Å². The number of rotatable bonds is 6. The van der Waals surface area contributed by atoms with E-state index >= 15 is 0 Å². The molecule has 4 rings (SSSR count). The molecule has 1 saturated heterocycles. The summed E-state index contributed by atoms with van der Waals surface area (Å²) >= 11 is 0. The standard InChI is InChI=1S/C22H24N2O4/c1-27-18-10-6-9-17(13-18)20(26)24-14-21(15-24,22(28-2)11-12-22)23-19(25)16-7-4-3-5-8-16/h3-10,13H,11-12,14-15H2,1-2H3,(H,23,25). The van der Waals surface area contributed by atoms with Crippen LogP contribution in [-0.2, 0) is 4.74 Å². The smallest absolute Gasteiger partial charge is 0.254 e. The van der Waals surface area contributed by atoms with Crippen molar-refractivity contribution in [1.82, 2.24) is 10.2 Å². The fraction of sp³-hybridized carbons (Fsp3) is 0.364. The Balaban J connectivity index is 1.52. The van der Waals surface area contributed by atoms with Crippen molar-refractivity contribution in [3.05, 3.63) is 65.7 Å². The first-order valence-corrected chi connectivity index (χ1v) is 9.39. The average molecular weight is 380 g/mol. The van der Waals surface area contributed by atoms with E-state index in [0.717, 1.165) is 12.8 Å². The molecule has 2 aromatic carbocycles. The van der Waals surface area contributed by atoms with Gasteiger partial charge in [-0.3, -0.25) is 9.59 Å². The van der Waals surface area contributed by atoms with Crippen LogP contribution in [0.15, 0.2) is 54.6 Å². The fourth-order valence-electron chi connectivity index (χ4n) is 4.04. The molecular weight excluding hydrogens is 356 g/mol. The van der Waals surface area contributed by atoms with Crippen LogP contribution in [0.2, 0.25) is 0 Å². The number of hydrogen-bond donors (Lipinski definition) is 1. The van der Waals surface area contributed by atoms with Gasteiger partial charge < -0.3 is 19.7 Å². The van der Waals surface area contributed by atoms with Crippen molar-refractivity contribution < 1.29 is 19.1 Å². The van der Waals surface area contributed by atoms with Crippen molar-refractivity contribution in [3.63, 3.8) is 0 Å². The van der Waals surface area contributed by atoms with Crippen LogP contribution < -0.4 is 10.1 Å². The Morgan fingerprint density at radius 1 is 0.964 bits per heavy atom. The lowest BCUT2D eigenvalue weighted by atomic mass is 9.80. The summed E-state index contributed by atoms with van der Waals surface area (Å²) in [5, 5.41) is 3.18. The molecule has 2 aliphatic rings. The van der Waals surface area contributed by atoms with Crippen LogP contribution >= 0.6 is 0 Å². The molecule has 2 aromatic rings. The lowest BCUT2D eigenvalue weighted by molar-refractivity contribution is -0.0709. The Hall–Kier alpha value is -2.86. The molecule has 0 radical (unpaired) electrons. The van der Waals surface area contributed by atoms with Gasteiger partial charge in [0.05, 0.1) is 12.7 Å². The van der Waals surface area contributed by atoms with Crippen LogP contribution in [0.25, 0.3) is 0 Å². The topological polar surface area (TPSA) is 67.9 Å². The molecule has 146 valence electrons. The van der Waals surface area contributed by atoms with E-state index in [1.807, 2.05) is 18.2 Å². The van der Waals surface area contributed by atoms with Gasteiger partial charge in [0.2, 0.25) is 0 Å². The fourth-order valence-corrected chi connectivity index (χ4v) is 4.04. The van der Waals surface area contributed by atoms with E-state index < -0.39 is 11.1 Å². The first-order valence-electron chi connectivity index (χ1n) is 9.39. The molecule has 0 unspecified atom stereocenters. The van der Waals surface area contributed by atoms with Gasteiger partial charge in [0.1, 0.15) is 11.3 Å². The SMILES string of the molecule is COc1cccc(C(=O)N2CC(NC(=O)c3ccccc3)(C3(OC)CC3)C2)c1. The Kier molecular flexibility index (Phi) is 4.59. The average Bonchev–Trinajstić information content (AvgIpc) is 3.52. The molecule has 1 heterocycles. The van der Waals surface area contributed by atoms with E-state index in [0.29, 0.717) is 30.0 Å². The number of methoxy groups -OCH3 is 2. The van der Waals surface area contributed by atoms with Crippen LogP contribution in [0, 0.1) is 0 Å². The minimum Gasteiger partial charge on any atom is -0.497 e. The summed E-state index contributed by atoms with van der Waals surface area (Å²) in [7, 11) is 3.25. The number of likely N-dealkylation sites (tertiary alicyclic amines) is 1. The molecule has 0 bridgehead atoms. The van der Waals surface area contributed by atoms with Crippen molar-refractivity contribution in [2.45, 2.75) is 24.0 Å². The van der Waals surface area contributed by atoms with Crippen molar-refractivity contribution in [2.75, 3.05) is 27.3 Å². The summed E-state index contributed by atoms with van der Waals surface area (Å²) in [6, 6.07) is 16.2. The molecule has 6 nitrogen and oxygen atoms in total. The monoisotopic (exact) mass is 380 g/mol.